The van der Waals surface area contributed by atoms with Crippen molar-refractivity contribution in [1.82, 2.24) is 5.32 Å². The first-order chi connectivity index (χ1) is 8.70. The molecule has 0 heterocycles. The van der Waals surface area contributed by atoms with Crippen molar-refractivity contribution in [2.75, 3.05) is 6.61 Å². The fourth-order valence-electron chi connectivity index (χ4n) is 3.13. The molecule has 0 bridgehead atoms. The maximum absolute atomic E-state index is 12.0. The van der Waals surface area contributed by atoms with Crippen LogP contribution < -0.4 is 11.1 Å². The van der Waals surface area contributed by atoms with Gasteiger partial charge in [0.05, 0.1) is 12.1 Å². The zero-order valence-electron chi connectivity index (χ0n) is 11.4. The first-order valence-corrected chi connectivity index (χ1v) is 7.37. The highest BCUT2D eigenvalue weighted by Crippen LogP contribution is 2.27. The largest absolute Gasteiger partial charge is 0.376 e. The predicted molar refractivity (Wildman–Crippen MR) is 71.1 cm³/mol. The summed E-state index contributed by atoms with van der Waals surface area (Å²) in [6.45, 7) is 2.66. The van der Waals surface area contributed by atoms with Gasteiger partial charge in [-0.3, -0.25) is 4.79 Å². The third kappa shape index (κ3) is 3.45. The highest BCUT2D eigenvalue weighted by Gasteiger charge is 2.40. The van der Waals surface area contributed by atoms with E-state index in [0.717, 1.165) is 6.42 Å². The van der Waals surface area contributed by atoms with Crippen molar-refractivity contribution >= 4 is 5.91 Å². The summed E-state index contributed by atoms with van der Waals surface area (Å²) < 4.78 is 5.56. The van der Waals surface area contributed by atoms with Crippen LogP contribution in [0.1, 0.15) is 51.9 Å². The van der Waals surface area contributed by atoms with E-state index >= 15 is 0 Å². The molecule has 0 aromatic carbocycles. The van der Waals surface area contributed by atoms with Crippen molar-refractivity contribution < 1.29 is 9.53 Å². The first kappa shape index (κ1) is 13.8. The van der Waals surface area contributed by atoms with Crippen LogP contribution in [0.2, 0.25) is 0 Å². The standard InChI is InChI=1S/C14H26N2O2/c1-2-18-12-9-11(15)14(12)16-13(17)8-10-6-4-3-5-7-10/h10-12,14H,2-9,15H2,1H3,(H,16,17). The van der Waals surface area contributed by atoms with Gasteiger partial charge in [0, 0.05) is 19.1 Å². The third-order valence-corrected chi connectivity index (χ3v) is 4.27. The van der Waals surface area contributed by atoms with E-state index in [1.165, 1.54) is 32.1 Å². The summed E-state index contributed by atoms with van der Waals surface area (Å²) in [7, 11) is 0. The Bertz CT molecular complexity index is 275. The minimum absolute atomic E-state index is 0.0287. The Morgan fingerprint density at radius 2 is 2.06 bits per heavy atom. The quantitative estimate of drug-likeness (QED) is 0.783. The molecule has 4 heteroatoms. The molecule has 3 unspecified atom stereocenters. The van der Waals surface area contributed by atoms with Gasteiger partial charge >= 0.3 is 0 Å². The van der Waals surface area contributed by atoms with Gasteiger partial charge in [0.25, 0.3) is 0 Å². The van der Waals surface area contributed by atoms with Crippen LogP contribution in [0.5, 0.6) is 0 Å². The monoisotopic (exact) mass is 254 g/mol. The predicted octanol–water partition coefficient (Wildman–Crippen LogP) is 1.58. The van der Waals surface area contributed by atoms with E-state index in [1.807, 2.05) is 6.92 Å². The van der Waals surface area contributed by atoms with E-state index in [9.17, 15) is 4.79 Å². The molecule has 0 spiro atoms. The molecule has 3 N–H and O–H groups in total. The van der Waals surface area contributed by atoms with Crippen LogP contribution in [-0.4, -0.2) is 30.7 Å². The summed E-state index contributed by atoms with van der Waals surface area (Å²) in [5, 5.41) is 3.06. The van der Waals surface area contributed by atoms with Gasteiger partial charge in [0.15, 0.2) is 0 Å². The van der Waals surface area contributed by atoms with Crippen LogP contribution >= 0.6 is 0 Å². The summed E-state index contributed by atoms with van der Waals surface area (Å²) >= 11 is 0. The molecule has 0 aliphatic heterocycles. The molecule has 4 nitrogen and oxygen atoms in total. The van der Waals surface area contributed by atoms with Crippen LogP contribution in [0.15, 0.2) is 0 Å². The Kier molecular flexibility index (Phi) is 5.01. The van der Waals surface area contributed by atoms with Gasteiger partial charge in [-0.25, -0.2) is 0 Å². The average Bonchev–Trinajstić information content (AvgIpc) is 2.37. The molecule has 1 amide bonds. The smallest absolute Gasteiger partial charge is 0.220 e. The zero-order valence-corrected chi connectivity index (χ0v) is 11.4. The van der Waals surface area contributed by atoms with Gasteiger partial charge < -0.3 is 15.8 Å². The molecule has 104 valence electrons. The molecule has 2 saturated carbocycles. The average molecular weight is 254 g/mol. The van der Waals surface area contributed by atoms with E-state index in [2.05, 4.69) is 5.32 Å². The fraction of sp³-hybridized carbons (Fsp3) is 0.929. The molecular weight excluding hydrogens is 228 g/mol. The van der Waals surface area contributed by atoms with Crippen LogP contribution in [0, 0.1) is 5.92 Å². The lowest BCUT2D eigenvalue weighted by Crippen LogP contribution is -2.64. The lowest BCUT2D eigenvalue weighted by molar-refractivity contribution is -0.126. The molecular formula is C14H26N2O2. The van der Waals surface area contributed by atoms with Crippen molar-refractivity contribution in [3.63, 3.8) is 0 Å². The highest BCUT2D eigenvalue weighted by atomic mass is 16.5. The van der Waals surface area contributed by atoms with Gasteiger partial charge in [-0.1, -0.05) is 19.3 Å². The number of rotatable bonds is 5. The molecule has 2 rings (SSSR count). The molecule has 0 aromatic rings. The van der Waals surface area contributed by atoms with Crippen LogP contribution in [0.4, 0.5) is 0 Å². The van der Waals surface area contributed by atoms with Crippen molar-refractivity contribution in [1.29, 1.82) is 0 Å². The molecule has 18 heavy (non-hydrogen) atoms. The normalized spacial score (nSPS) is 32.9. The topological polar surface area (TPSA) is 64.3 Å². The number of carbonyl (C=O) groups excluding carboxylic acids is 1. The fourth-order valence-corrected chi connectivity index (χ4v) is 3.13. The van der Waals surface area contributed by atoms with Gasteiger partial charge in [-0.15, -0.1) is 0 Å². The Morgan fingerprint density at radius 1 is 1.33 bits per heavy atom. The zero-order chi connectivity index (χ0) is 13.0. The van der Waals surface area contributed by atoms with E-state index < -0.39 is 0 Å². The summed E-state index contributed by atoms with van der Waals surface area (Å²) in [4.78, 5) is 12.0. The van der Waals surface area contributed by atoms with Crippen LogP contribution in [0.25, 0.3) is 0 Å². The summed E-state index contributed by atoms with van der Waals surface area (Å²) in [6.07, 6.45) is 7.96. The number of hydrogen-bond acceptors (Lipinski definition) is 3. The Morgan fingerprint density at radius 3 is 2.67 bits per heavy atom. The summed E-state index contributed by atoms with van der Waals surface area (Å²) in [5.41, 5.74) is 5.93. The Hall–Kier alpha value is -0.610. The second kappa shape index (κ2) is 6.53. The second-order valence-corrected chi connectivity index (χ2v) is 5.69. The van der Waals surface area contributed by atoms with Crippen molar-refractivity contribution in [2.24, 2.45) is 11.7 Å². The molecule has 2 aliphatic rings. The minimum Gasteiger partial charge on any atom is -0.376 e. The number of ether oxygens (including phenoxy) is 1. The number of nitrogens with two attached hydrogens (primary N) is 1. The highest BCUT2D eigenvalue weighted by molar-refractivity contribution is 5.76. The summed E-state index contributed by atoms with van der Waals surface area (Å²) in [6, 6.07) is 0.0953. The van der Waals surface area contributed by atoms with Crippen LogP contribution in [0.3, 0.4) is 0 Å². The van der Waals surface area contributed by atoms with E-state index in [1.54, 1.807) is 0 Å². The SMILES string of the molecule is CCOC1CC(N)C1NC(=O)CC1CCCCC1. The third-order valence-electron chi connectivity index (χ3n) is 4.27. The molecule has 0 aromatic heterocycles. The van der Waals surface area contributed by atoms with Crippen LogP contribution in [-0.2, 0) is 9.53 Å². The van der Waals surface area contributed by atoms with Gasteiger partial charge in [0.1, 0.15) is 0 Å². The Balaban J connectivity index is 1.72. The van der Waals surface area contributed by atoms with E-state index in [0.29, 0.717) is 18.9 Å². The summed E-state index contributed by atoms with van der Waals surface area (Å²) in [5.74, 6) is 0.743. The van der Waals surface area contributed by atoms with Gasteiger partial charge in [-0.2, -0.15) is 0 Å². The maximum atomic E-state index is 12.0. The van der Waals surface area contributed by atoms with Crippen molar-refractivity contribution in [3.05, 3.63) is 0 Å². The molecule has 0 saturated heterocycles. The Labute approximate surface area is 110 Å². The number of hydrogen-bond donors (Lipinski definition) is 2. The first-order valence-electron chi connectivity index (χ1n) is 7.37. The number of amides is 1. The molecule has 0 radical (unpaired) electrons. The molecule has 2 fully saturated rings. The van der Waals surface area contributed by atoms with Crippen molar-refractivity contribution in [2.45, 2.75) is 70.1 Å². The second-order valence-electron chi connectivity index (χ2n) is 5.69. The van der Waals surface area contributed by atoms with E-state index in [4.69, 9.17) is 10.5 Å². The maximum Gasteiger partial charge on any atom is 0.220 e. The van der Waals surface area contributed by atoms with Gasteiger partial charge in [-0.05, 0) is 32.1 Å². The lowest BCUT2D eigenvalue weighted by Gasteiger charge is -2.42. The number of carbonyl (C=O) groups is 1. The van der Waals surface area contributed by atoms with E-state index in [-0.39, 0.29) is 24.1 Å². The molecule has 2 aliphatic carbocycles. The lowest BCUT2D eigenvalue weighted by atomic mass is 9.82. The van der Waals surface area contributed by atoms with Gasteiger partial charge in [0.2, 0.25) is 5.91 Å². The molecule has 3 atom stereocenters. The minimum atomic E-state index is 0.0287. The number of nitrogens with one attached hydrogen (secondary N) is 1. The van der Waals surface area contributed by atoms with Crippen molar-refractivity contribution in [3.8, 4) is 0 Å².